The van der Waals surface area contributed by atoms with Gasteiger partial charge >= 0.3 is 0 Å². The Labute approximate surface area is 151 Å². The van der Waals surface area contributed by atoms with Crippen molar-refractivity contribution in [3.8, 4) is 16.5 Å². The van der Waals surface area contributed by atoms with Crippen molar-refractivity contribution in [3.63, 3.8) is 0 Å². The van der Waals surface area contributed by atoms with E-state index in [2.05, 4.69) is 15.5 Å². The van der Waals surface area contributed by atoms with Gasteiger partial charge in [-0.1, -0.05) is 28.4 Å². The third kappa shape index (κ3) is 3.87. The van der Waals surface area contributed by atoms with Crippen LogP contribution in [0.1, 0.15) is 5.82 Å². The van der Waals surface area contributed by atoms with Crippen LogP contribution in [-0.2, 0) is 4.79 Å². The van der Waals surface area contributed by atoms with E-state index in [-0.39, 0.29) is 12.5 Å². The Hall–Kier alpha value is -2.09. The number of anilines is 1. The molecule has 0 aliphatic rings. The Morgan fingerprint density at radius 3 is 2.92 bits per heavy atom. The number of nitrogens with zero attached hydrogens (tertiary/aromatic N) is 2. The Kier molecular flexibility index (Phi) is 5.03. The maximum Gasteiger partial charge on any atom is 0.270 e. The van der Waals surface area contributed by atoms with Crippen molar-refractivity contribution in [2.24, 2.45) is 0 Å². The number of carbonyl (C=O) groups excluding carboxylic acids is 1. The van der Waals surface area contributed by atoms with Gasteiger partial charge in [0.25, 0.3) is 11.8 Å². The molecule has 1 amide bonds. The fourth-order valence-corrected chi connectivity index (χ4v) is 3.12. The van der Waals surface area contributed by atoms with Crippen molar-refractivity contribution in [1.82, 2.24) is 10.1 Å². The lowest BCUT2D eigenvalue weighted by atomic mass is 10.3. The number of amides is 1. The van der Waals surface area contributed by atoms with Gasteiger partial charge in [0.1, 0.15) is 10.6 Å². The minimum atomic E-state index is -0.336. The molecule has 0 unspecified atom stereocenters. The molecule has 0 saturated carbocycles. The lowest BCUT2D eigenvalue weighted by molar-refractivity contribution is -0.118. The topological polar surface area (TPSA) is 77.2 Å². The Morgan fingerprint density at radius 2 is 2.21 bits per heavy atom. The van der Waals surface area contributed by atoms with Gasteiger partial charge in [-0.25, -0.2) is 0 Å². The molecule has 0 fully saturated rings. The van der Waals surface area contributed by atoms with E-state index < -0.39 is 0 Å². The second-order valence-corrected chi connectivity index (χ2v) is 6.48. The number of hydrogen-bond acceptors (Lipinski definition) is 6. The number of thiophene rings is 1. The van der Waals surface area contributed by atoms with Crippen LogP contribution in [0.25, 0.3) is 10.8 Å². The molecule has 3 aromatic rings. The van der Waals surface area contributed by atoms with Crippen LogP contribution in [0.5, 0.6) is 5.75 Å². The predicted octanol–water partition coefficient (Wildman–Crippen LogP) is 4.43. The molecule has 24 heavy (non-hydrogen) atoms. The molecule has 0 spiro atoms. The van der Waals surface area contributed by atoms with E-state index in [0.717, 1.165) is 0 Å². The standard InChI is InChI=1S/C15H11Cl2N3O3S/c1-8-18-15(23-20-8)14-11(4-5-24-14)19-13(21)7-22-12-3-2-9(16)6-10(12)17/h2-6H,7H2,1H3,(H,19,21). The highest BCUT2D eigenvalue weighted by Crippen LogP contribution is 2.32. The number of benzene rings is 1. The molecule has 1 aromatic carbocycles. The summed E-state index contributed by atoms with van der Waals surface area (Å²) < 4.78 is 10.5. The second kappa shape index (κ2) is 7.21. The summed E-state index contributed by atoms with van der Waals surface area (Å²) >= 11 is 13.2. The van der Waals surface area contributed by atoms with Crippen LogP contribution in [0.15, 0.2) is 34.2 Å². The first-order chi connectivity index (χ1) is 11.5. The van der Waals surface area contributed by atoms with E-state index >= 15 is 0 Å². The van der Waals surface area contributed by atoms with E-state index in [1.165, 1.54) is 11.3 Å². The SMILES string of the molecule is Cc1noc(-c2sccc2NC(=O)COc2ccc(Cl)cc2Cl)n1. The summed E-state index contributed by atoms with van der Waals surface area (Å²) in [5.74, 6) is 0.932. The fourth-order valence-electron chi connectivity index (χ4n) is 1.88. The van der Waals surface area contributed by atoms with Gasteiger partial charge in [-0.2, -0.15) is 4.98 Å². The molecule has 2 heterocycles. The summed E-state index contributed by atoms with van der Waals surface area (Å²) in [6.07, 6.45) is 0. The second-order valence-electron chi connectivity index (χ2n) is 4.72. The average Bonchev–Trinajstić information content (AvgIpc) is 3.15. The largest absolute Gasteiger partial charge is 0.482 e. The van der Waals surface area contributed by atoms with Gasteiger partial charge in [0.05, 0.1) is 10.7 Å². The van der Waals surface area contributed by atoms with E-state index in [0.29, 0.717) is 38.1 Å². The van der Waals surface area contributed by atoms with Crippen LogP contribution >= 0.6 is 34.5 Å². The van der Waals surface area contributed by atoms with Gasteiger partial charge in [0.15, 0.2) is 12.4 Å². The zero-order valence-electron chi connectivity index (χ0n) is 12.4. The number of rotatable bonds is 5. The predicted molar refractivity (Wildman–Crippen MR) is 92.9 cm³/mol. The smallest absolute Gasteiger partial charge is 0.270 e. The van der Waals surface area contributed by atoms with E-state index in [9.17, 15) is 4.79 Å². The lowest BCUT2D eigenvalue weighted by Crippen LogP contribution is -2.20. The molecule has 0 radical (unpaired) electrons. The van der Waals surface area contributed by atoms with Crippen LogP contribution in [-0.4, -0.2) is 22.7 Å². The number of aryl methyl sites for hydroxylation is 1. The van der Waals surface area contributed by atoms with Crippen LogP contribution in [0.4, 0.5) is 5.69 Å². The first-order valence-electron chi connectivity index (χ1n) is 6.79. The van der Waals surface area contributed by atoms with Crippen molar-refractivity contribution in [3.05, 3.63) is 45.5 Å². The highest BCUT2D eigenvalue weighted by atomic mass is 35.5. The Morgan fingerprint density at radius 1 is 1.38 bits per heavy atom. The van der Waals surface area contributed by atoms with E-state index in [1.807, 2.05) is 5.38 Å². The zero-order chi connectivity index (χ0) is 17.1. The number of carbonyl (C=O) groups is 1. The molecule has 0 aliphatic heterocycles. The molecule has 0 aliphatic carbocycles. The van der Waals surface area contributed by atoms with Crippen molar-refractivity contribution < 1.29 is 14.1 Å². The number of halogens is 2. The Bertz CT molecular complexity index is 878. The van der Waals surface area contributed by atoms with Gasteiger partial charge in [-0.3, -0.25) is 4.79 Å². The molecule has 0 saturated heterocycles. The number of aromatic nitrogens is 2. The summed E-state index contributed by atoms with van der Waals surface area (Å²) in [6, 6.07) is 6.54. The van der Waals surface area contributed by atoms with E-state index in [4.69, 9.17) is 32.5 Å². The minimum Gasteiger partial charge on any atom is -0.482 e. The van der Waals surface area contributed by atoms with Crippen molar-refractivity contribution in [2.75, 3.05) is 11.9 Å². The van der Waals surface area contributed by atoms with Crippen molar-refractivity contribution in [2.45, 2.75) is 6.92 Å². The van der Waals surface area contributed by atoms with Gasteiger partial charge in [-0.05, 0) is 36.6 Å². The number of hydrogen-bond donors (Lipinski definition) is 1. The third-order valence-electron chi connectivity index (χ3n) is 2.91. The molecule has 1 N–H and O–H groups in total. The monoisotopic (exact) mass is 383 g/mol. The molecule has 124 valence electrons. The van der Waals surface area contributed by atoms with E-state index in [1.54, 1.807) is 31.2 Å². The highest BCUT2D eigenvalue weighted by molar-refractivity contribution is 7.14. The fraction of sp³-hybridized carbons (Fsp3) is 0.133. The summed E-state index contributed by atoms with van der Waals surface area (Å²) in [5, 5.41) is 9.15. The lowest BCUT2D eigenvalue weighted by Gasteiger charge is -2.08. The molecule has 0 bridgehead atoms. The maximum atomic E-state index is 12.1. The molecule has 9 heteroatoms. The van der Waals surface area contributed by atoms with Crippen LogP contribution < -0.4 is 10.1 Å². The number of ether oxygens (including phenoxy) is 1. The Balaban J connectivity index is 1.64. The first-order valence-corrected chi connectivity index (χ1v) is 8.42. The summed E-state index contributed by atoms with van der Waals surface area (Å²) in [6.45, 7) is 1.53. The van der Waals surface area contributed by atoms with Gasteiger partial charge < -0.3 is 14.6 Å². The molecular formula is C15H11Cl2N3O3S. The zero-order valence-corrected chi connectivity index (χ0v) is 14.7. The van der Waals surface area contributed by atoms with Crippen molar-refractivity contribution >= 4 is 46.1 Å². The summed E-state index contributed by atoms with van der Waals surface area (Å²) in [5.41, 5.74) is 0.583. The van der Waals surface area contributed by atoms with Crippen LogP contribution in [0, 0.1) is 6.92 Å². The van der Waals surface area contributed by atoms with Crippen LogP contribution in [0.2, 0.25) is 10.0 Å². The van der Waals surface area contributed by atoms with Gasteiger partial charge in [0, 0.05) is 5.02 Å². The van der Waals surface area contributed by atoms with Crippen molar-refractivity contribution in [1.29, 1.82) is 0 Å². The molecule has 6 nitrogen and oxygen atoms in total. The molecular weight excluding hydrogens is 373 g/mol. The summed E-state index contributed by atoms with van der Waals surface area (Å²) in [7, 11) is 0. The average molecular weight is 384 g/mol. The maximum absolute atomic E-state index is 12.1. The summed E-state index contributed by atoms with van der Waals surface area (Å²) in [4.78, 5) is 16.9. The van der Waals surface area contributed by atoms with Crippen LogP contribution in [0.3, 0.4) is 0 Å². The quantitative estimate of drug-likeness (QED) is 0.704. The minimum absolute atomic E-state index is 0.195. The van der Waals surface area contributed by atoms with Gasteiger partial charge in [-0.15, -0.1) is 11.3 Å². The third-order valence-corrected chi connectivity index (χ3v) is 4.35. The molecule has 3 rings (SSSR count). The normalized spacial score (nSPS) is 10.6. The molecule has 0 atom stereocenters. The molecule has 2 aromatic heterocycles. The highest BCUT2D eigenvalue weighted by Gasteiger charge is 2.16. The first kappa shape index (κ1) is 16.8. The van der Waals surface area contributed by atoms with Gasteiger partial charge in [0.2, 0.25) is 0 Å². The number of nitrogens with one attached hydrogen (secondary N) is 1.